The van der Waals surface area contributed by atoms with E-state index in [1.807, 2.05) is 11.0 Å². The first kappa shape index (κ1) is 18.2. The van der Waals surface area contributed by atoms with E-state index in [9.17, 15) is 4.79 Å². The van der Waals surface area contributed by atoms with E-state index in [-0.39, 0.29) is 24.0 Å². The van der Waals surface area contributed by atoms with Crippen LogP contribution >= 0.6 is 0 Å². The Labute approximate surface area is 150 Å². The summed E-state index contributed by atoms with van der Waals surface area (Å²) in [7, 11) is 0. The summed E-state index contributed by atoms with van der Waals surface area (Å²) >= 11 is 0. The van der Waals surface area contributed by atoms with Gasteiger partial charge in [-0.25, -0.2) is 0 Å². The van der Waals surface area contributed by atoms with Crippen LogP contribution in [0.4, 0.5) is 0 Å². The van der Waals surface area contributed by atoms with Crippen molar-refractivity contribution in [1.82, 2.24) is 4.90 Å². The van der Waals surface area contributed by atoms with E-state index >= 15 is 0 Å². The second-order valence-electron chi connectivity index (χ2n) is 7.36. The quantitative estimate of drug-likeness (QED) is 0.909. The Morgan fingerprint density at radius 1 is 1.16 bits per heavy atom. The standard InChI is InChI=1S/C20H30N2O3/c1-14-3-4-18(13-15(14)2)25-17-5-9-22(10-6-17)20(23)19(21)16-7-11-24-12-8-16/h3-4,13,16-17,19H,5-12,21H2,1-2H3. The molecule has 1 atom stereocenters. The summed E-state index contributed by atoms with van der Waals surface area (Å²) in [6, 6.07) is 5.83. The number of amides is 1. The smallest absolute Gasteiger partial charge is 0.239 e. The van der Waals surface area contributed by atoms with Gasteiger partial charge in [-0.15, -0.1) is 0 Å². The average molecular weight is 346 g/mol. The minimum Gasteiger partial charge on any atom is -0.490 e. The number of ether oxygens (including phenoxy) is 2. The van der Waals surface area contributed by atoms with Gasteiger partial charge in [0.1, 0.15) is 11.9 Å². The SMILES string of the molecule is Cc1ccc(OC2CCN(C(=O)C(N)C3CCOCC3)CC2)cc1C. The first-order valence-corrected chi connectivity index (χ1v) is 9.40. The molecule has 1 unspecified atom stereocenters. The van der Waals surface area contributed by atoms with Crippen molar-refractivity contribution in [3.8, 4) is 5.75 Å². The lowest BCUT2D eigenvalue weighted by molar-refractivity contribution is -0.136. The number of nitrogens with two attached hydrogens (primary N) is 1. The van der Waals surface area contributed by atoms with Crippen molar-refractivity contribution in [2.24, 2.45) is 11.7 Å². The third-order valence-electron chi connectivity index (χ3n) is 5.59. The Hall–Kier alpha value is -1.59. The van der Waals surface area contributed by atoms with Crippen molar-refractivity contribution in [3.63, 3.8) is 0 Å². The zero-order chi connectivity index (χ0) is 17.8. The van der Waals surface area contributed by atoms with Crippen molar-refractivity contribution in [2.45, 2.75) is 51.7 Å². The Kier molecular flexibility index (Phi) is 5.97. The summed E-state index contributed by atoms with van der Waals surface area (Å²) in [6.07, 6.45) is 3.67. The van der Waals surface area contributed by atoms with Gasteiger partial charge in [-0.2, -0.15) is 0 Å². The van der Waals surface area contributed by atoms with Crippen LogP contribution in [0.3, 0.4) is 0 Å². The molecule has 25 heavy (non-hydrogen) atoms. The highest BCUT2D eigenvalue weighted by molar-refractivity contribution is 5.82. The Bertz CT molecular complexity index is 591. The van der Waals surface area contributed by atoms with E-state index in [2.05, 4.69) is 26.0 Å². The molecule has 0 bridgehead atoms. The largest absolute Gasteiger partial charge is 0.490 e. The number of aryl methyl sites for hydroxylation is 2. The van der Waals surface area contributed by atoms with Crippen molar-refractivity contribution in [1.29, 1.82) is 0 Å². The maximum Gasteiger partial charge on any atom is 0.239 e. The van der Waals surface area contributed by atoms with Crippen molar-refractivity contribution in [2.75, 3.05) is 26.3 Å². The number of likely N-dealkylation sites (tertiary alicyclic amines) is 1. The summed E-state index contributed by atoms with van der Waals surface area (Å²) in [6.45, 7) is 7.09. The van der Waals surface area contributed by atoms with Gasteiger partial charge >= 0.3 is 0 Å². The molecule has 0 spiro atoms. The number of carbonyl (C=O) groups excluding carboxylic acids is 1. The third-order valence-corrected chi connectivity index (χ3v) is 5.59. The van der Waals surface area contributed by atoms with Crippen LogP contribution in [-0.4, -0.2) is 49.3 Å². The molecule has 0 aromatic heterocycles. The summed E-state index contributed by atoms with van der Waals surface area (Å²) < 4.78 is 11.5. The summed E-state index contributed by atoms with van der Waals surface area (Å²) in [5.41, 5.74) is 8.75. The molecule has 0 saturated carbocycles. The predicted molar refractivity (Wildman–Crippen MR) is 97.7 cm³/mol. The van der Waals surface area contributed by atoms with Gasteiger partial charge in [-0.3, -0.25) is 4.79 Å². The number of piperidine rings is 1. The molecule has 1 aromatic carbocycles. The molecule has 2 aliphatic heterocycles. The van der Waals surface area contributed by atoms with Gasteiger partial charge in [-0.05, 0) is 55.9 Å². The highest BCUT2D eigenvalue weighted by Crippen LogP contribution is 2.24. The first-order chi connectivity index (χ1) is 12.0. The Morgan fingerprint density at radius 3 is 2.48 bits per heavy atom. The highest BCUT2D eigenvalue weighted by Gasteiger charge is 2.32. The van der Waals surface area contributed by atoms with E-state index in [0.717, 1.165) is 57.7 Å². The number of hydrogen-bond donors (Lipinski definition) is 1. The lowest BCUT2D eigenvalue weighted by Crippen LogP contribution is -2.52. The molecule has 3 rings (SSSR count). The number of rotatable bonds is 4. The molecule has 138 valence electrons. The van der Waals surface area contributed by atoms with Crippen LogP contribution in [0.25, 0.3) is 0 Å². The third kappa shape index (κ3) is 4.53. The minimum atomic E-state index is -0.388. The van der Waals surface area contributed by atoms with Crippen LogP contribution in [0.2, 0.25) is 0 Å². The van der Waals surface area contributed by atoms with Crippen LogP contribution in [-0.2, 0) is 9.53 Å². The normalized spacial score (nSPS) is 21.2. The summed E-state index contributed by atoms with van der Waals surface area (Å²) in [4.78, 5) is 14.6. The van der Waals surface area contributed by atoms with Gasteiger partial charge in [0.05, 0.1) is 6.04 Å². The summed E-state index contributed by atoms with van der Waals surface area (Å²) in [5.74, 6) is 1.27. The fraction of sp³-hybridized carbons (Fsp3) is 0.650. The van der Waals surface area contributed by atoms with Crippen LogP contribution in [0.15, 0.2) is 18.2 Å². The Morgan fingerprint density at radius 2 is 1.84 bits per heavy atom. The zero-order valence-corrected chi connectivity index (χ0v) is 15.4. The molecule has 2 saturated heterocycles. The molecule has 5 heteroatoms. The molecule has 0 radical (unpaired) electrons. The van der Waals surface area contributed by atoms with E-state index < -0.39 is 0 Å². The molecule has 1 aromatic rings. The molecule has 2 aliphatic rings. The highest BCUT2D eigenvalue weighted by atomic mass is 16.5. The van der Waals surface area contributed by atoms with E-state index in [1.165, 1.54) is 11.1 Å². The molecule has 2 N–H and O–H groups in total. The molecule has 0 aliphatic carbocycles. The second kappa shape index (κ2) is 8.19. The second-order valence-corrected chi connectivity index (χ2v) is 7.36. The molecular weight excluding hydrogens is 316 g/mol. The van der Waals surface area contributed by atoms with Crippen LogP contribution < -0.4 is 10.5 Å². The van der Waals surface area contributed by atoms with Gasteiger partial charge in [0.2, 0.25) is 5.91 Å². The molecule has 2 fully saturated rings. The van der Waals surface area contributed by atoms with Crippen LogP contribution in [0, 0.1) is 19.8 Å². The van der Waals surface area contributed by atoms with Crippen LogP contribution in [0.1, 0.15) is 36.8 Å². The number of nitrogens with zero attached hydrogens (tertiary/aromatic N) is 1. The predicted octanol–water partition coefficient (Wildman–Crippen LogP) is 2.43. The van der Waals surface area contributed by atoms with Gasteiger partial charge in [0, 0.05) is 39.1 Å². The molecule has 1 amide bonds. The maximum absolute atomic E-state index is 12.7. The number of benzene rings is 1. The number of hydrogen-bond acceptors (Lipinski definition) is 4. The van der Waals surface area contributed by atoms with E-state index in [1.54, 1.807) is 0 Å². The van der Waals surface area contributed by atoms with Gasteiger partial charge in [0.25, 0.3) is 0 Å². The van der Waals surface area contributed by atoms with Gasteiger partial charge in [-0.1, -0.05) is 6.07 Å². The van der Waals surface area contributed by atoms with E-state index in [0.29, 0.717) is 0 Å². The molecular formula is C20H30N2O3. The maximum atomic E-state index is 12.7. The van der Waals surface area contributed by atoms with Crippen LogP contribution in [0.5, 0.6) is 5.75 Å². The lowest BCUT2D eigenvalue weighted by Gasteiger charge is -2.36. The van der Waals surface area contributed by atoms with Gasteiger partial charge < -0.3 is 20.1 Å². The van der Waals surface area contributed by atoms with Gasteiger partial charge in [0.15, 0.2) is 0 Å². The van der Waals surface area contributed by atoms with Crippen molar-refractivity contribution in [3.05, 3.63) is 29.3 Å². The average Bonchev–Trinajstić information content (AvgIpc) is 2.65. The van der Waals surface area contributed by atoms with Crippen molar-refractivity contribution >= 4 is 5.91 Å². The minimum absolute atomic E-state index is 0.0940. The molecule has 2 heterocycles. The first-order valence-electron chi connectivity index (χ1n) is 9.40. The zero-order valence-electron chi connectivity index (χ0n) is 15.4. The Balaban J connectivity index is 1.49. The topological polar surface area (TPSA) is 64.8 Å². The molecule has 5 nitrogen and oxygen atoms in total. The fourth-order valence-electron chi connectivity index (χ4n) is 3.66. The number of carbonyl (C=O) groups is 1. The lowest BCUT2D eigenvalue weighted by atomic mass is 9.91. The monoisotopic (exact) mass is 346 g/mol. The van der Waals surface area contributed by atoms with Crippen molar-refractivity contribution < 1.29 is 14.3 Å². The fourth-order valence-corrected chi connectivity index (χ4v) is 3.66. The van der Waals surface area contributed by atoms with E-state index in [4.69, 9.17) is 15.2 Å². The summed E-state index contributed by atoms with van der Waals surface area (Å²) in [5, 5.41) is 0.